The molecular weight excluding hydrogens is 371 g/mol. The van der Waals surface area contributed by atoms with E-state index in [1.165, 1.54) is 18.2 Å². The Hall–Kier alpha value is -3.09. The number of urea groups is 1. The van der Waals surface area contributed by atoms with Crippen LogP contribution in [-0.4, -0.2) is 44.0 Å². The van der Waals surface area contributed by atoms with Crippen LogP contribution in [0.25, 0.3) is 0 Å². The predicted octanol–water partition coefficient (Wildman–Crippen LogP) is 4.09. The Labute approximate surface area is 171 Å². The fourth-order valence-electron chi connectivity index (χ4n) is 3.09. The van der Waals surface area contributed by atoms with Crippen molar-refractivity contribution in [3.05, 3.63) is 59.4 Å². The Kier molecular flexibility index (Phi) is 8.00. The van der Waals surface area contributed by atoms with Gasteiger partial charge in [-0.2, -0.15) is 0 Å². The second-order valence-electron chi connectivity index (χ2n) is 6.96. The van der Waals surface area contributed by atoms with E-state index in [0.29, 0.717) is 30.9 Å². The van der Waals surface area contributed by atoms with E-state index in [1.54, 1.807) is 11.0 Å². The molecule has 156 valence electrons. The number of hydrogen-bond donors (Lipinski definition) is 2. The smallest absolute Gasteiger partial charge is 0.319 e. The predicted molar refractivity (Wildman–Crippen MR) is 115 cm³/mol. The molecule has 29 heavy (non-hydrogen) atoms. The highest BCUT2D eigenvalue weighted by atomic mass is 19.1. The van der Waals surface area contributed by atoms with Crippen LogP contribution in [0.2, 0.25) is 0 Å². The first-order valence-electron chi connectivity index (χ1n) is 9.75. The summed E-state index contributed by atoms with van der Waals surface area (Å²) in [5.74, 6) is -0.660. The van der Waals surface area contributed by atoms with Crippen molar-refractivity contribution in [2.24, 2.45) is 0 Å². The molecule has 2 aromatic carbocycles. The van der Waals surface area contributed by atoms with Crippen molar-refractivity contribution in [1.29, 1.82) is 0 Å². The molecule has 0 fully saturated rings. The summed E-state index contributed by atoms with van der Waals surface area (Å²) in [5.41, 5.74) is 2.80. The van der Waals surface area contributed by atoms with E-state index >= 15 is 0 Å². The number of halogens is 1. The summed E-state index contributed by atoms with van der Waals surface area (Å²) in [7, 11) is 3.85. The molecule has 0 unspecified atom stereocenters. The molecule has 2 rings (SSSR count). The molecule has 0 aromatic heterocycles. The van der Waals surface area contributed by atoms with Gasteiger partial charge >= 0.3 is 6.03 Å². The van der Waals surface area contributed by atoms with E-state index in [1.807, 2.05) is 51.0 Å². The molecule has 0 aliphatic heterocycles. The summed E-state index contributed by atoms with van der Waals surface area (Å²) in [6.45, 7) is 5.26. The van der Waals surface area contributed by atoms with Crippen molar-refractivity contribution in [2.45, 2.75) is 26.8 Å². The summed E-state index contributed by atoms with van der Waals surface area (Å²) < 4.78 is 13.6. The number of carbonyl (C=O) groups is 2. The molecule has 0 radical (unpaired) electrons. The second kappa shape index (κ2) is 10.5. The summed E-state index contributed by atoms with van der Waals surface area (Å²) in [6, 6.07) is 11.1. The van der Waals surface area contributed by atoms with E-state index in [-0.39, 0.29) is 11.9 Å². The molecular formula is C22H29FN4O2. The van der Waals surface area contributed by atoms with Gasteiger partial charge in [-0.05, 0) is 55.3 Å². The van der Waals surface area contributed by atoms with Gasteiger partial charge in [0.2, 0.25) is 0 Å². The van der Waals surface area contributed by atoms with Crippen LogP contribution in [-0.2, 0) is 6.54 Å². The van der Waals surface area contributed by atoms with E-state index in [9.17, 15) is 14.0 Å². The van der Waals surface area contributed by atoms with Gasteiger partial charge in [-0.3, -0.25) is 4.79 Å². The van der Waals surface area contributed by atoms with Crippen molar-refractivity contribution in [1.82, 2.24) is 10.2 Å². The zero-order chi connectivity index (χ0) is 21.4. The fourth-order valence-corrected chi connectivity index (χ4v) is 3.09. The zero-order valence-corrected chi connectivity index (χ0v) is 17.5. The lowest BCUT2D eigenvalue weighted by molar-refractivity contribution is 0.0743. The van der Waals surface area contributed by atoms with E-state index in [4.69, 9.17) is 0 Å². The minimum atomic E-state index is -0.436. The SMILES string of the molecule is CCCN(Cc1cc(NC(=O)NCC)ccc1N(C)C)C(=O)c1cccc(F)c1. The van der Waals surface area contributed by atoms with Gasteiger partial charge in [0.15, 0.2) is 0 Å². The summed E-state index contributed by atoms with van der Waals surface area (Å²) in [6.07, 6.45) is 0.773. The van der Waals surface area contributed by atoms with Crippen LogP contribution in [0.1, 0.15) is 36.2 Å². The van der Waals surface area contributed by atoms with Gasteiger partial charge in [0, 0.05) is 50.7 Å². The number of amides is 3. The molecule has 3 amide bonds. The quantitative estimate of drug-likeness (QED) is 0.702. The average molecular weight is 400 g/mol. The maximum absolute atomic E-state index is 13.6. The van der Waals surface area contributed by atoms with Crippen LogP contribution in [0.3, 0.4) is 0 Å². The minimum Gasteiger partial charge on any atom is -0.377 e. The van der Waals surface area contributed by atoms with Crippen molar-refractivity contribution in [2.75, 3.05) is 37.4 Å². The van der Waals surface area contributed by atoms with Gasteiger partial charge in [0.1, 0.15) is 5.82 Å². The fraction of sp³-hybridized carbons (Fsp3) is 0.364. The van der Waals surface area contributed by atoms with Crippen LogP contribution in [0.15, 0.2) is 42.5 Å². The third kappa shape index (κ3) is 6.20. The molecule has 7 heteroatoms. The molecule has 6 nitrogen and oxygen atoms in total. The number of anilines is 2. The first-order chi connectivity index (χ1) is 13.8. The van der Waals surface area contributed by atoms with E-state index in [2.05, 4.69) is 10.6 Å². The zero-order valence-electron chi connectivity index (χ0n) is 17.5. The molecule has 0 bridgehead atoms. The van der Waals surface area contributed by atoms with Gasteiger partial charge in [0.25, 0.3) is 5.91 Å². The van der Waals surface area contributed by atoms with E-state index in [0.717, 1.165) is 17.7 Å². The molecule has 0 saturated heterocycles. The van der Waals surface area contributed by atoms with Crippen LogP contribution < -0.4 is 15.5 Å². The topological polar surface area (TPSA) is 64.7 Å². The highest BCUT2D eigenvalue weighted by Crippen LogP contribution is 2.25. The molecule has 0 heterocycles. The third-order valence-corrected chi connectivity index (χ3v) is 4.37. The monoisotopic (exact) mass is 400 g/mol. The van der Waals surface area contributed by atoms with E-state index < -0.39 is 5.82 Å². The number of nitrogens with one attached hydrogen (secondary N) is 2. The van der Waals surface area contributed by atoms with Gasteiger partial charge in [-0.1, -0.05) is 13.0 Å². The van der Waals surface area contributed by atoms with Crippen LogP contribution in [0.4, 0.5) is 20.6 Å². The Bertz CT molecular complexity index is 854. The summed E-state index contributed by atoms with van der Waals surface area (Å²) in [4.78, 5) is 28.5. The Morgan fingerprint density at radius 3 is 2.45 bits per heavy atom. The van der Waals surface area contributed by atoms with Crippen molar-refractivity contribution >= 4 is 23.3 Å². The summed E-state index contributed by atoms with van der Waals surface area (Å²) >= 11 is 0. The summed E-state index contributed by atoms with van der Waals surface area (Å²) in [5, 5.41) is 5.50. The number of nitrogens with zero attached hydrogens (tertiary/aromatic N) is 2. The molecule has 0 saturated carbocycles. The lowest BCUT2D eigenvalue weighted by Crippen LogP contribution is -2.32. The highest BCUT2D eigenvalue weighted by Gasteiger charge is 2.18. The maximum Gasteiger partial charge on any atom is 0.319 e. The van der Waals surface area contributed by atoms with Crippen LogP contribution in [0.5, 0.6) is 0 Å². The third-order valence-electron chi connectivity index (χ3n) is 4.37. The van der Waals surface area contributed by atoms with Crippen LogP contribution in [0, 0.1) is 5.82 Å². The largest absolute Gasteiger partial charge is 0.377 e. The van der Waals surface area contributed by atoms with Crippen molar-refractivity contribution in [3.63, 3.8) is 0 Å². The number of hydrogen-bond acceptors (Lipinski definition) is 3. The molecule has 2 aromatic rings. The molecule has 0 aliphatic rings. The minimum absolute atomic E-state index is 0.224. The second-order valence-corrected chi connectivity index (χ2v) is 6.96. The molecule has 0 spiro atoms. The Balaban J connectivity index is 2.33. The van der Waals surface area contributed by atoms with Gasteiger partial charge in [0.05, 0.1) is 0 Å². The lowest BCUT2D eigenvalue weighted by atomic mass is 10.1. The number of benzene rings is 2. The molecule has 2 N–H and O–H groups in total. The van der Waals surface area contributed by atoms with Crippen molar-refractivity contribution < 1.29 is 14.0 Å². The van der Waals surface area contributed by atoms with Gasteiger partial charge < -0.3 is 20.4 Å². The van der Waals surface area contributed by atoms with Gasteiger partial charge in [-0.25, -0.2) is 9.18 Å². The molecule has 0 atom stereocenters. The standard InChI is InChI=1S/C22H29FN4O2/c1-5-12-27(21(28)16-8-7-9-18(23)13-16)15-17-14-19(25-22(29)24-6-2)10-11-20(17)26(3)4/h7-11,13-14H,5-6,12,15H2,1-4H3,(H2,24,25,29). The lowest BCUT2D eigenvalue weighted by Gasteiger charge is -2.26. The average Bonchev–Trinajstić information content (AvgIpc) is 2.67. The normalized spacial score (nSPS) is 10.4. The highest BCUT2D eigenvalue weighted by molar-refractivity contribution is 5.94. The first-order valence-corrected chi connectivity index (χ1v) is 9.75. The Morgan fingerprint density at radius 1 is 1.07 bits per heavy atom. The van der Waals surface area contributed by atoms with Crippen molar-refractivity contribution in [3.8, 4) is 0 Å². The Morgan fingerprint density at radius 2 is 1.83 bits per heavy atom. The maximum atomic E-state index is 13.6. The molecule has 0 aliphatic carbocycles. The van der Waals surface area contributed by atoms with Gasteiger partial charge in [-0.15, -0.1) is 0 Å². The first kappa shape index (κ1) is 22.2. The number of carbonyl (C=O) groups excluding carboxylic acids is 2. The number of rotatable bonds is 8. The van der Waals surface area contributed by atoms with Crippen LogP contribution >= 0.6 is 0 Å².